The number of hydrogen-bond acceptors (Lipinski definition) is 5. The maximum atomic E-state index is 13.9. The van der Waals surface area contributed by atoms with Crippen LogP contribution in [-0.4, -0.2) is 31.9 Å². The highest BCUT2D eigenvalue weighted by Crippen LogP contribution is 2.25. The normalized spacial score (nSPS) is 11.4. The minimum absolute atomic E-state index is 0.0568. The molecule has 0 saturated heterocycles. The van der Waals surface area contributed by atoms with Crippen LogP contribution in [0.25, 0.3) is 11.5 Å². The van der Waals surface area contributed by atoms with Crippen LogP contribution in [0.15, 0.2) is 42.7 Å². The van der Waals surface area contributed by atoms with Crippen molar-refractivity contribution in [3.63, 3.8) is 0 Å². The molecule has 0 saturated carbocycles. The van der Waals surface area contributed by atoms with Gasteiger partial charge in [0.15, 0.2) is 11.6 Å². The lowest BCUT2D eigenvalue weighted by molar-refractivity contribution is -0.274. The summed E-state index contributed by atoms with van der Waals surface area (Å²) in [6.45, 7) is 1.21. The zero-order chi connectivity index (χ0) is 19.6. The molecule has 10 heteroatoms. The number of hydrogen-bond donors (Lipinski definition) is 0. The molecule has 6 nitrogen and oxygen atoms in total. The average Bonchev–Trinajstić information content (AvgIpc) is 3.05. The van der Waals surface area contributed by atoms with Gasteiger partial charge in [0, 0.05) is 12.5 Å². The van der Waals surface area contributed by atoms with Crippen LogP contribution in [0.1, 0.15) is 23.0 Å². The summed E-state index contributed by atoms with van der Waals surface area (Å²) in [6.07, 6.45) is -3.59. The van der Waals surface area contributed by atoms with Crippen LogP contribution >= 0.6 is 0 Å². The molecule has 0 N–H and O–H groups in total. The molecular formula is C17H12F4N4O2. The number of ketones is 1. The van der Waals surface area contributed by atoms with Gasteiger partial charge in [0.05, 0.1) is 6.54 Å². The van der Waals surface area contributed by atoms with Crippen LogP contribution < -0.4 is 4.74 Å². The summed E-state index contributed by atoms with van der Waals surface area (Å²) in [5.41, 5.74) is 0.529. The lowest BCUT2D eigenvalue weighted by Gasteiger charge is -2.10. The van der Waals surface area contributed by atoms with Crippen molar-refractivity contribution in [1.82, 2.24) is 19.7 Å². The van der Waals surface area contributed by atoms with Gasteiger partial charge >= 0.3 is 6.36 Å². The molecular weight excluding hydrogens is 368 g/mol. The summed E-state index contributed by atoms with van der Waals surface area (Å²) in [7, 11) is 0. The van der Waals surface area contributed by atoms with Gasteiger partial charge in [-0.25, -0.2) is 19.0 Å². The minimum Gasteiger partial charge on any atom is -0.406 e. The van der Waals surface area contributed by atoms with E-state index in [0.29, 0.717) is 5.69 Å². The summed E-state index contributed by atoms with van der Waals surface area (Å²) in [6, 6.07) is 7.48. The Bertz CT molecular complexity index is 985. The number of ether oxygens (including phenoxy) is 1. The van der Waals surface area contributed by atoms with Crippen molar-refractivity contribution >= 4 is 5.78 Å². The Balaban J connectivity index is 1.83. The van der Waals surface area contributed by atoms with Crippen LogP contribution in [-0.2, 0) is 6.54 Å². The highest BCUT2D eigenvalue weighted by Gasteiger charge is 2.31. The maximum Gasteiger partial charge on any atom is 0.573 e. The van der Waals surface area contributed by atoms with Gasteiger partial charge in [-0.15, -0.1) is 18.3 Å². The van der Waals surface area contributed by atoms with Gasteiger partial charge in [0.2, 0.25) is 0 Å². The Morgan fingerprint density at radius 3 is 2.70 bits per heavy atom. The van der Waals surface area contributed by atoms with Gasteiger partial charge in [0.1, 0.15) is 29.3 Å². The molecule has 0 spiro atoms. The van der Waals surface area contributed by atoms with E-state index in [4.69, 9.17) is 0 Å². The number of Topliss-reactive ketones (excluding diaryl/α,β-unsaturated/α-hetero) is 1. The first-order chi connectivity index (χ1) is 12.7. The van der Waals surface area contributed by atoms with Crippen molar-refractivity contribution in [2.75, 3.05) is 0 Å². The second kappa shape index (κ2) is 7.14. The third kappa shape index (κ3) is 4.66. The third-order valence-electron chi connectivity index (χ3n) is 3.46. The Morgan fingerprint density at radius 2 is 2.00 bits per heavy atom. The van der Waals surface area contributed by atoms with E-state index in [1.807, 2.05) is 0 Å². The standard InChI is InChI=1S/C17H12F4N4O2/c1-10(26)14-3-2-4-15(23-14)16-22-9-25(24-16)8-11-7-12(5-6-13(11)18)27-17(19,20)21/h2-7,9H,8H2,1H3. The Kier molecular flexibility index (Phi) is 4.89. The summed E-state index contributed by atoms with van der Waals surface area (Å²) in [4.78, 5) is 19.6. The monoisotopic (exact) mass is 380 g/mol. The van der Waals surface area contributed by atoms with Crippen molar-refractivity contribution in [3.05, 3.63) is 59.8 Å². The smallest absolute Gasteiger partial charge is 0.406 e. The highest BCUT2D eigenvalue weighted by atomic mass is 19.4. The predicted molar refractivity (Wildman–Crippen MR) is 85.4 cm³/mol. The highest BCUT2D eigenvalue weighted by molar-refractivity contribution is 5.92. The number of alkyl halides is 3. The van der Waals surface area contributed by atoms with Crippen LogP contribution in [0.4, 0.5) is 17.6 Å². The first kappa shape index (κ1) is 18.5. The van der Waals surface area contributed by atoms with E-state index >= 15 is 0 Å². The van der Waals surface area contributed by atoms with E-state index in [9.17, 15) is 22.4 Å². The van der Waals surface area contributed by atoms with Crippen molar-refractivity contribution in [2.45, 2.75) is 19.8 Å². The van der Waals surface area contributed by atoms with Gasteiger partial charge in [-0.05, 0) is 30.3 Å². The Hall–Kier alpha value is -3.30. The number of carbonyl (C=O) groups is 1. The molecule has 140 valence electrons. The molecule has 0 unspecified atom stereocenters. The van der Waals surface area contributed by atoms with Crippen LogP contribution in [0, 0.1) is 5.82 Å². The van der Waals surface area contributed by atoms with Crippen LogP contribution in [0.5, 0.6) is 5.75 Å². The molecule has 0 radical (unpaired) electrons. The van der Waals surface area contributed by atoms with Crippen molar-refractivity contribution in [3.8, 4) is 17.3 Å². The number of aromatic nitrogens is 4. The van der Waals surface area contributed by atoms with Gasteiger partial charge in [0.25, 0.3) is 0 Å². The lowest BCUT2D eigenvalue weighted by Crippen LogP contribution is -2.17. The Morgan fingerprint density at radius 1 is 1.22 bits per heavy atom. The molecule has 3 rings (SSSR count). The maximum absolute atomic E-state index is 13.9. The number of halogens is 4. The van der Waals surface area contributed by atoms with E-state index in [0.717, 1.165) is 18.2 Å². The van der Waals surface area contributed by atoms with Crippen molar-refractivity contribution < 1.29 is 27.1 Å². The molecule has 0 bridgehead atoms. The molecule has 0 amide bonds. The summed E-state index contributed by atoms with van der Waals surface area (Å²) in [5.74, 6) is -1.27. The fourth-order valence-corrected chi connectivity index (χ4v) is 2.29. The van der Waals surface area contributed by atoms with E-state index in [1.165, 1.54) is 17.9 Å². The fraction of sp³-hybridized carbons (Fsp3) is 0.176. The number of carbonyl (C=O) groups excluding carboxylic acids is 1. The van der Waals surface area contributed by atoms with Gasteiger partial charge in [-0.2, -0.15) is 0 Å². The summed E-state index contributed by atoms with van der Waals surface area (Å²) < 4.78 is 55.9. The molecule has 3 aromatic rings. The van der Waals surface area contributed by atoms with Crippen LogP contribution in [0.3, 0.4) is 0 Å². The molecule has 2 aromatic heterocycles. The molecule has 0 fully saturated rings. The first-order valence-corrected chi connectivity index (χ1v) is 7.63. The second-order valence-corrected chi connectivity index (χ2v) is 5.53. The zero-order valence-electron chi connectivity index (χ0n) is 13.9. The minimum atomic E-state index is -4.87. The SMILES string of the molecule is CC(=O)c1cccc(-c2ncn(Cc3cc(OC(F)(F)F)ccc3F)n2)n1. The van der Waals surface area contributed by atoms with Gasteiger partial charge < -0.3 is 4.74 Å². The summed E-state index contributed by atoms with van der Waals surface area (Å²) >= 11 is 0. The number of rotatable bonds is 5. The van der Waals surface area contributed by atoms with E-state index in [1.54, 1.807) is 18.2 Å². The largest absolute Gasteiger partial charge is 0.573 e. The molecule has 27 heavy (non-hydrogen) atoms. The zero-order valence-corrected chi connectivity index (χ0v) is 13.9. The lowest BCUT2D eigenvalue weighted by atomic mass is 10.2. The second-order valence-electron chi connectivity index (χ2n) is 5.53. The average molecular weight is 380 g/mol. The fourth-order valence-electron chi connectivity index (χ4n) is 2.29. The van der Waals surface area contributed by atoms with E-state index in [-0.39, 0.29) is 29.4 Å². The molecule has 0 aliphatic carbocycles. The predicted octanol–water partition coefficient (Wildman–Crippen LogP) is 3.63. The molecule has 2 heterocycles. The van der Waals surface area contributed by atoms with Gasteiger partial charge in [-0.3, -0.25) is 4.79 Å². The quantitative estimate of drug-likeness (QED) is 0.499. The number of nitrogens with zero attached hydrogens (tertiary/aromatic N) is 4. The topological polar surface area (TPSA) is 69.9 Å². The van der Waals surface area contributed by atoms with Crippen molar-refractivity contribution in [2.24, 2.45) is 0 Å². The third-order valence-corrected chi connectivity index (χ3v) is 3.46. The molecule has 0 aliphatic rings. The Labute approximate surface area is 150 Å². The number of benzene rings is 1. The summed E-state index contributed by atoms with van der Waals surface area (Å²) in [5, 5.41) is 4.12. The van der Waals surface area contributed by atoms with Crippen molar-refractivity contribution in [1.29, 1.82) is 0 Å². The van der Waals surface area contributed by atoms with E-state index < -0.39 is 17.9 Å². The van der Waals surface area contributed by atoms with Crippen LogP contribution in [0.2, 0.25) is 0 Å². The van der Waals surface area contributed by atoms with E-state index in [2.05, 4.69) is 19.8 Å². The first-order valence-electron chi connectivity index (χ1n) is 7.63. The van der Waals surface area contributed by atoms with Gasteiger partial charge in [-0.1, -0.05) is 6.07 Å². The number of pyridine rings is 1. The molecule has 0 atom stereocenters. The molecule has 0 aliphatic heterocycles. The molecule has 1 aromatic carbocycles.